The molecule has 2 unspecified atom stereocenters. The summed E-state index contributed by atoms with van der Waals surface area (Å²) in [5, 5.41) is 0. The highest BCUT2D eigenvalue weighted by molar-refractivity contribution is 5.83. The molecule has 0 aromatic rings. The quantitative estimate of drug-likeness (QED) is 0.729. The van der Waals surface area contributed by atoms with Crippen molar-refractivity contribution in [1.82, 2.24) is 9.80 Å². The Kier molecular flexibility index (Phi) is 5.55. The van der Waals surface area contributed by atoms with Gasteiger partial charge in [-0.1, -0.05) is 18.7 Å². The van der Waals surface area contributed by atoms with Crippen LogP contribution < -0.4 is 0 Å². The van der Waals surface area contributed by atoms with Gasteiger partial charge in [0.2, 0.25) is 11.8 Å². The molecule has 2 fully saturated rings. The number of rotatable bonds is 3. The monoisotopic (exact) mass is 262 g/mol. The normalized spacial score (nSPS) is 25.9. The minimum atomic E-state index is 0.00278. The van der Waals surface area contributed by atoms with E-state index in [1.807, 2.05) is 0 Å². The van der Waals surface area contributed by atoms with E-state index in [1.165, 1.54) is 0 Å². The molecule has 0 saturated carbocycles. The van der Waals surface area contributed by atoms with E-state index in [0.29, 0.717) is 6.42 Å². The van der Waals surface area contributed by atoms with Gasteiger partial charge in [-0.25, -0.2) is 0 Å². The van der Waals surface area contributed by atoms with Gasteiger partial charge in [0, 0.05) is 20.0 Å². The van der Waals surface area contributed by atoms with Crippen LogP contribution in [-0.4, -0.2) is 41.2 Å². The predicted molar refractivity (Wildman–Crippen MR) is 76.2 cm³/mol. The molecule has 0 N–H and O–H groups in total. The molecule has 2 atom stereocenters. The van der Waals surface area contributed by atoms with Gasteiger partial charge < -0.3 is 9.80 Å². The van der Waals surface area contributed by atoms with E-state index < -0.39 is 0 Å². The van der Waals surface area contributed by atoms with Gasteiger partial charge in [0.1, 0.15) is 0 Å². The third-order valence-electron chi connectivity index (χ3n) is 3.54. The first-order chi connectivity index (χ1) is 9.04. The summed E-state index contributed by atoms with van der Waals surface area (Å²) in [6.07, 6.45) is 7.64. The Morgan fingerprint density at radius 3 is 2.16 bits per heavy atom. The predicted octanol–water partition coefficient (Wildman–Crippen LogP) is 1.96. The van der Waals surface area contributed by atoms with Crippen LogP contribution in [0.5, 0.6) is 0 Å². The molecule has 2 amide bonds. The van der Waals surface area contributed by atoms with Crippen molar-refractivity contribution in [3.05, 3.63) is 38.1 Å². The Labute approximate surface area is 115 Å². The Morgan fingerprint density at radius 1 is 1.21 bits per heavy atom. The molecule has 2 rings (SSSR count). The molecule has 19 heavy (non-hydrogen) atoms. The summed E-state index contributed by atoms with van der Waals surface area (Å²) in [6, 6.07) is 0.200. The molecular weight excluding hydrogens is 240 g/mol. The molecule has 0 bridgehead atoms. The van der Waals surface area contributed by atoms with E-state index >= 15 is 0 Å². The van der Waals surface area contributed by atoms with E-state index in [1.54, 1.807) is 35.2 Å². The van der Waals surface area contributed by atoms with Crippen LogP contribution in [0.15, 0.2) is 38.1 Å². The van der Waals surface area contributed by atoms with Gasteiger partial charge >= 0.3 is 0 Å². The second-order valence-electron chi connectivity index (χ2n) is 4.70. The second-order valence-corrected chi connectivity index (χ2v) is 4.70. The van der Waals surface area contributed by atoms with E-state index in [-0.39, 0.29) is 23.8 Å². The summed E-state index contributed by atoms with van der Waals surface area (Å²) in [4.78, 5) is 25.3. The zero-order chi connectivity index (χ0) is 14.4. The Balaban J connectivity index is 0.000000200. The van der Waals surface area contributed by atoms with E-state index in [2.05, 4.69) is 19.7 Å². The molecule has 104 valence electrons. The van der Waals surface area contributed by atoms with Crippen LogP contribution in [0, 0.1) is 5.92 Å². The minimum absolute atomic E-state index is 0.00278. The molecule has 0 spiro atoms. The molecule has 2 aliphatic heterocycles. The van der Waals surface area contributed by atoms with E-state index in [9.17, 15) is 9.59 Å². The van der Waals surface area contributed by atoms with Crippen LogP contribution >= 0.6 is 0 Å². The third kappa shape index (κ3) is 3.56. The van der Waals surface area contributed by atoms with Gasteiger partial charge in [0.25, 0.3) is 0 Å². The number of carbonyl (C=O) groups excluding carboxylic acids is 2. The van der Waals surface area contributed by atoms with Gasteiger partial charge in [-0.05, 0) is 19.0 Å². The van der Waals surface area contributed by atoms with Crippen molar-refractivity contribution in [2.45, 2.75) is 25.3 Å². The van der Waals surface area contributed by atoms with Gasteiger partial charge in [0.05, 0.1) is 12.0 Å². The van der Waals surface area contributed by atoms with Gasteiger partial charge in [-0.3, -0.25) is 9.59 Å². The van der Waals surface area contributed by atoms with Crippen molar-refractivity contribution in [1.29, 1.82) is 0 Å². The smallest absolute Gasteiger partial charge is 0.229 e. The highest BCUT2D eigenvalue weighted by Gasteiger charge is 2.33. The molecule has 2 heterocycles. The van der Waals surface area contributed by atoms with Crippen molar-refractivity contribution in [2.24, 2.45) is 5.92 Å². The molecule has 0 aliphatic carbocycles. The van der Waals surface area contributed by atoms with Crippen molar-refractivity contribution in [3.63, 3.8) is 0 Å². The Hall–Kier alpha value is -1.84. The fourth-order valence-electron chi connectivity index (χ4n) is 2.26. The summed E-state index contributed by atoms with van der Waals surface area (Å²) < 4.78 is 0. The summed E-state index contributed by atoms with van der Waals surface area (Å²) >= 11 is 0. The maximum atomic E-state index is 11.3. The first-order valence-corrected chi connectivity index (χ1v) is 6.49. The van der Waals surface area contributed by atoms with Crippen LogP contribution in [0.4, 0.5) is 0 Å². The standard InChI is InChI=1S/C9H13NO.C6H9NO/c1-4-7-6-8(5-2)10(3)9(7)11;1-2-7-5-3-4-6(7)8/h4-5,7-8H,1-2,6H2,3H3;2H,1,3-5H2. The highest BCUT2D eigenvalue weighted by atomic mass is 16.2. The van der Waals surface area contributed by atoms with Crippen LogP contribution in [0.1, 0.15) is 19.3 Å². The van der Waals surface area contributed by atoms with Crippen molar-refractivity contribution >= 4 is 11.8 Å². The molecule has 2 aliphatic rings. The molecule has 2 saturated heterocycles. The van der Waals surface area contributed by atoms with Gasteiger partial charge in [-0.2, -0.15) is 0 Å². The highest BCUT2D eigenvalue weighted by Crippen LogP contribution is 2.24. The van der Waals surface area contributed by atoms with Crippen LogP contribution in [0.2, 0.25) is 0 Å². The Bertz CT molecular complexity index is 390. The van der Waals surface area contributed by atoms with E-state index in [0.717, 1.165) is 19.4 Å². The number of amides is 2. The average Bonchev–Trinajstić information content (AvgIpc) is 2.95. The first-order valence-electron chi connectivity index (χ1n) is 6.49. The number of carbonyl (C=O) groups is 2. The largest absolute Gasteiger partial charge is 0.339 e. The Morgan fingerprint density at radius 2 is 1.89 bits per heavy atom. The summed E-state index contributed by atoms with van der Waals surface area (Å²) in [6.45, 7) is 11.6. The zero-order valence-electron chi connectivity index (χ0n) is 11.5. The number of hydrogen-bond acceptors (Lipinski definition) is 2. The maximum absolute atomic E-state index is 11.3. The summed E-state index contributed by atoms with van der Waals surface area (Å²) in [5.41, 5.74) is 0. The SMILES string of the molecule is C=CC1CC(C=C)N(C)C1=O.C=CN1CCCC1=O. The number of nitrogens with zero attached hydrogens (tertiary/aromatic N) is 2. The lowest BCUT2D eigenvalue weighted by molar-refractivity contribution is -0.129. The van der Waals surface area contributed by atoms with Crippen LogP contribution in [0.25, 0.3) is 0 Å². The third-order valence-corrected chi connectivity index (χ3v) is 3.54. The fourth-order valence-corrected chi connectivity index (χ4v) is 2.26. The van der Waals surface area contributed by atoms with Gasteiger partial charge in [0.15, 0.2) is 0 Å². The maximum Gasteiger partial charge on any atom is 0.229 e. The van der Waals surface area contributed by atoms with Crippen molar-refractivity contribution < 1.29 is 9.59 Å². The minimum Gasteiger partial charge on any atom is -0.339 e. The van der Waals surface area contributed by atoms with Crippen LogP contribution in [0.3, 0.4) is 0 Å². The van der Waals surface area contributed by atoms with Crippen molar-refractivity contribution in [3.8, 4) is 0 Å². The number of likely N-dealkylation sites (tertiary alicyclic amines) is 2. The lowest BCUT2D eigenvalue weighted by Gasteiger charge is -2.14. The fraction of sp³-hybridized carbons (Fsp3) is 0.467. The lowest BCUT2D eigenvalue weighted by atomic mass is 10.1. The van der Waals surface area contributed by atoms with E-state index in [4.69, 9.17) is 0 Å². The molecule has 4 heteroatoms. The second kappa shape index (κ2) is 6.92. The molecule has 4 nitrogen and oxygen atoms in total. The van der Waals surface area contributed by atoms with Crippen molar-refractivity contribution in [2.75, 3.05) is 13.6 Å². The number of likely N-dealkylation sites (N-methyl/N-ethyl adjacent to an activating group) is 1. The lowest BCUT2D eigenvalue weighted by Crippen LogP contribution is -2.27. The molecule has 0 radical (unpaired) electrons. The molecular formula is C15H22N2O2. The average molecular weight is 262 g/mol. The summed E-state index contributed by atoms with van der Waals surface area (Å²) in [7, 11) is 1.80. The molecule has 0 aromatic carbocycles. The van der Waals surface area contributed by atoms with Crippen LogP contribution in [-0.2, 0) is 9.59 Å². The molecule has 0 aromatic heterocycles. The topological polar surface area (TPSA) is 40.6 Å². The number of hydrogen-bond donors (Lipinski definition) is 0. The zero-order valence-corrected chi connectivity index (χ0v) is 11.5. The summed E-state index contributed by atoms with van der Waals surface area (Å²) in [5.74, 6) is 0.368. The van der Waals surface area contributed by atoms with Gasteiger partial charge in [-0.15, -0.1) is 13.2 Å². The first kappa shape index (κ1) is 15.2.